The lowest BCUT2D eigenvalue weighted by Crippen LogP contribution is -2.52. The van der Waals surface area contributed by atoms with E-state index in [0.29, 0.717) is 24.9 Å². The van der Waals surface area contributed by atoms with Crippen LogP contribution >= 0.6 is 0 Å². The second kappa shape index (κ2) is 9.70. The summed E-state index contributed by atoms with van der Waals surface area (Å²) >= 11 is 0. The largest absolute Gasteiger partial charge is 0.352 e. The van der Waals surface area contributed by atoms with Crippen LogP contribution in [0.15, 0.2) is 0 Å². The van der Waals surface area contributed by atoms with E-state index in [4.69, 9.17) is 0 Å². The van der Waals surface area contributed by atoms with Crippen molar-refractivity contribution >= 4 is 11.8 Å². The lowest BCUT2D eigenvalue weighted by molar-refractivity contribution is -0.133. The van der Waals surface area contributed by atoms with Crippen LogP contribution < -0.4 is 10.6 Å². The van der Waals surface area contributed by atoms with Crippen LogP contribution in [0.1, 0.15) is 51.9 Å². The van der Waals surface area contributed by atoms with Gasteiger partial charge in [0, 0.05) is 38.6 Å². The highest BCUT2D eigenvalue weighted by molar-refractivity contribution is 5.78. The molecule has 0 aromatic heterocycles. The summed E-state index contributed by atoms with van der Waals surface area (Å²) in [6, 6.07) is 0.360. The predicted molar refractivity (Wildman–Crippen MR) is 103 cm³/mol. The summed E-state index contributed by atoms with van der Waals surface area (Å²) < 4.78 is 0. The molecule has 3 rings (SSSR count). The highest BCUT2D eigenvalue weighted by atomic mass is 16.2. The third kappa shape index (κ3) is 5.95. The monoisotopic (exact) mass is 364 g/mol. The smallest absolute Gasteiger partial charge is 0.234 e. The molecule has 0 aromatic carbocycles. The second-order valence-corrected chi connectivity index (χ2v) is 8.59. The Morgan fingerprint density at radius 1 is 1.12 bits per heavy atom. The molecule has 1 aliphatic carbocycles. The predicted octanol–water partition coefficient (Wildman–Crippen LogP) is 1.22. The molecule has 0 spiro atoms. The standard InChI is InChI=1S/C20H36N4O2/c1-16-3-2-4-18(13-16)22-19(25)15-23-9-11-24(12-10-23)20(26)6-5-17-7-8-21-14-17/h16-18,21H,2-15H2,1H3,(H,22,25). The van der Waals surface area contributed by atoms with Gasteiger partial charge in [-0.05, 0) is 50.6 Å². The Hall–Kier alpha value is -1.14. The molecule has 6 nitrogen and oxygen atoms in total. The van der Waals surface area contributed by atoms with Crippen molar-refractivity contribution < 1.29 is 9.59 Å². The molecule has 3 unspecified atom stereocenters. The van der Waals surface area contributed by atoms with E-state index in [1.165, 1.54) is 19.3 Å². The van der Waals surface area contributed by atoms with Crippen molar-refractivity contribution in [1.82, 2.24) is 20.4 Å². The summed E-state index contributed by atoms with van der Waals surface area (Å²) in [6.45, 7) is 8.05. The molecule has 3 fully saturated rings. The molecule has 3 atom stereocenters. The summed E-state index contributed by atoms with van der Waals surface area (Å²) in [5.41, 5.74) is 0. The molecule has 2 aliphatic heterocycles. The van der Waals surface area contributed by atoms with Gasteiger partial charge in [-0.1, -0.05) is 19.8 Å². The molecule has 0 radical (unpaired) electrons. The molecule has 6 heteroatoms. The third-order valence-corrected chi connectivity index (χ3v) is 6.32. The Kier molecular flexibility index (Phi) is 7.32. The second-order valence-electron chi connectivity index (χ2n) is 8.59. The number of nitrogens with one attached hydrogen (secondary N) is 2. The number of hydrogen-bond acceptors (Lipinski definition) is 4. The maximum absolute atomic E-state index is 12.4. The average Bonchev–Trinajstić information content (AvgIpc) is 3.14. The summed E-state index contributed by atoms with van der Waals surface area (Å²) in [6.07, 6.45) is 7.64. The molecular weight excluding hydrogens is 328 g/mol. The maximum Gasteiger partial charge on any atom is 0.234 e. The first kappa shape index (κ1) is 19.6. The number of rotatable bonds is 6. The fourth-order valence-electron chi connectivity index (χ4n) is 4.64. The molecule has 1 saturated carbocycles. The van der Waals surface area contributed by atoms with Gasteiger partial charge in [-0.2, -0.15) is 0 Å². The van der Waals surface area contributed by atoms with Crippen LogP contribution in [0.3, 0.4) is 0 Å². The minimum absolute atomic E-state index is 0.151. The number of piperazine rings is 1. The van der Waals surface area contributed by atoms with E-state index in [1.807, 2.05) is 4.90 Å². The normalized spacial score (nSPS) is 30.3. The van der Waals surface area contributed by atoms with Crippen molar-refractivity contribution in [1.29, 1.82) is 0 Å². The number of carbonyl (C=O) groups excluding carboxylic acids is 2. The van der Waals surface area contributed by atoms with Crippen LogP contribution in [0, 0.1) is 11.8 Å². The molecule has 0 aromatic rings. The van der Waals surface area contributed by atoms with Crippen LogP contribution in [0.2, 0.25) is 0 Å². The van der Waals surface area contributed by atoms with Gasteiger partial charge in [0.1, 0.15) is 0 Å². The Bertz CT molecular complexity index is 470. The zero-order valence-corrected chi connectivity index (χ0v) is 16.3. The maximum atomic E-state index is 12.4. The van der Waals surface area contributed by atoms with E-state index >= 15 is 0 Å². The topological polar surface area (TPSA) is 64.7 Å². The fraction of sp³-hybridized carbons (Fsp3) is 0.900. The highest BCUT2D eigenvalue weighted by Crippen LogP contribution is 2.23. The van der Waals surface area contributed by atoms with Gasteiger partial charge in [0.05, 0.1) is 6.54 Å². The first-order valence-electron chi connectivity index (χ1n) is 10.6. The van der Waals surface area contributed by atoms with E-state index in [-0.39, 0.29) is 11.8 Å². The van der Waals surface area contributed by atoms with Gasteiger partial charge in [0.25, 0.3) is 0 Å². The zero-order chi connectivity index (χ0) is 18.4. The third-order valence-electron chi connectivity index (χ3n) is 6.32. The van der Waals surface area contributed by atoms with Gasteiger partial charge in [0.15, 0.2) is 0 Å². The van der Waals surface area contributed by atoms with Gasteiger partial charge in [0.2, 0.25) is 11.8 Å². The van der Waals surface area contributed by atoms with E-state index in [1.54, 1.807) is 0 Å². The van der Waals surface area contributed by atoms with Crippen molar-refractivity contribution in [3.63, 3.8) is 0 Å². The zero-order valence-electron chi connectivity index (χ0n) is 16.3. The van der Waals surface area contributed by atoms with E-state index < -0.39 is 0 Å². The van der Waals surface area contributed by atoms with Gasteiger partial charge in [-0.25, -0.2) is 0 Å². The van der Waals surface area contributed by atoms with Crippen LogP contribution in [-0.2, 0) is 9.59 Å². The summed E-state index contributed by atoms with van der Waals surface area (Å²) in [7, 11) is 0. The first-order valence-corrected chi connectivity index (χ1v) is 10.6. The first-order chi connectivity index (χ1) is 12.6. The molecule has 26 heavy (non-hydrogen) atoms. The lowest BCUT2D eigenvalue weighted by Gasteiger charge is -2.35. The van der Waals surface area contributed by atoms with Crippen molar-refractivity contribution in [2.75, 3.05) is 45.8 Å². The van der Waals surface area contributed by atoms with Gasteiger partial charge in [-0.3, -0.25) is 14.5 Å². The van der Waals surface area contributed by atoms with Crippen LogP contribution in [0.5, 0.6) is 0 Å². The molecule has 148 valence electrons. The Balaban J connectivity index is 1.31. The van der Waals surface area contributed by atoms with Crippen LogP contribution in [-0.4, -0.2) is 73.5 Å². The van der Waals surface area contributed by atoms with E-state index in [0.717, 1.165) is 64.4 Å². The van der Waals surface area contributed by atoms with Crippen molar-refractivity contribution in [2.24, 2.45) is 11.8 Å². The van der Waals surface area contributed by atoms with E-state index in [2.05, 4.69) is 22.5 Å². The molecule has 2 amide bonds. The molecular formula is C20H36N4O2. The van der Waals surface area contributed by atoms with Gasteiger partial charge >= 0.3 is 0 Å². The number of amides is 2. The SMILES string of the molecule is CC1CCCC(NC(=O)CN2CCN(C(=O)CCC3CCNC3)CC2)C1. The molecule has 2 saturated heterocycles. The van der Waals surface area contributed by atoms with Gasteiger partial charge < -0.3 is 15.5 Å². The minimum Gasteiger partial charge on any atom is -0.352 e. The minimum atomic E-state index is 0.151. The molecule has 2 heterocycles. The number of hydrogen-bond donors (Lipinski definition) is 2. The summed E-state index contributed by atoms with van der Waals surface area (Å²) in [5, 5.41) is 6.58. The summed E-state index contributed by atoms with van der Waals surface area (Å²) in [4.78, 5) is 28.9. The van der Waals surface area contributed by atoms with Gasteiger partial charge in [-0.15, -0.1) is 0 Å². The molecule has 3 aliphatic rings. The quantitative estimate of drug-likeness (QED) is 0.744. The average molecular weight is 365 g/mol. The summed E-state index contributed by atoms with van der Waals surface area (Å²) in [5.74, 6) is 1.84. The lowest BCUT2D eigenvalue weighted by atomic mass is 9.87. The van der Waals surface area contributed by atoms with Crippen LogP contribution in [0.4, 0.5) is 0 Å². The van der Waals surface area contributed by atoms with E-state index in [9.17, 15) is 9.59 Å². The highest BCUT2D eigenvalue weighted by Gasteiger charge is 2.25. The number of carbonyl (C=O) groups is 2. The van der Waals surface area contributed by atoms with Crippen LogP contribution in [0.25, 0.3) is 0 Å². The van der Waals surface area contributed by atoms with Crippen molar-refractivity contribution in [2.45, 2.75) is 57.9 Å². The number of nitrogens with zero attached hydrogens (tertiary/aromatic N) is 2. The Morgan fingerprint density at radius 3 is 2.62 bits per heavy atom. The molecule has 0 bridgehead atoms. The van der Waals surface area contributed by atoms with Crippen molar-refractivity contribution in [3.8, 4) is 0 Å². The Labute approximate surface area is 158 Å². The van der Waals surface area contributed by atoms with Crippen molar-refractivity contribution in [3.05, 3.63) is 0 Å². The fourth-order valence-corrected chi connectivity index (χ4v) is 4.64. The Morgan fingerprint density at radius 2 is 1.92 bits per heavy atom. The molecule has 2 N–H and O–H groups in total.